The molecule has 6 nitrogen and oxygen atoms in total. The van der Waals surface area contributed by atoms with Gasteiger partial charge in [-0.15, -0.1) is 0 Å². The highest BCUT2D eigenvalue weighted by Crippen LogP contribution is 2.31. The first-order valence-corrected chi connectivity index (χ1v) is 10.2. The Bertz CT molecular complexity index is 893. The number of sulfone groups is 1. The molecule has 0 spiro atoms. The molecule has 0 aliphatic carbocycles. The average Bonchev–Trinajstić information content (AvgIpc) is 2.54. The first-order valence-electron chi connectivity index (χ1n) is 8.31. The van der Waals surface area contributed by atoms with Crippen molar-refractivity contribution in [1.82, 2.24) is 0 Å². The Morgan fingerprint density at radius 2 is 1.77 bits per heavy atom. The highest BCUT2D eigenvalue weighted by atomic mass is 32.2. The molecular weight excluding hydrogens is 352 g/mol. The van der Waals surface area contributed by atoms with Gasteiger partial charge in [0.2, 0.25) is 0 Å². The highest BCUT2D eigenvalue weighted by molar-refractivity contribution is 7.90. The van der Waals surface area contributed by atoms with Gasteiger partial charge in [0.15, 0.2) is 9.84 Å². The van der Waals surface area contributed by atoms with Crippen LogP contribution in [0.3, 0.4) is 0 Å². The Hall–Kier alpha value is -2.41. The number of rotatable bonds is 7. The fourth-order valence-electron chi connectivity index (χ4n) is 3.14. The quantitative estimate of drug-likeness (QED) is 0.579. The van der Waals surface area contributed by atoms with Crippen molar-refractivity contribution in [1.29, 1.82) is 0 Å². The van der Waals surface area contributed by atoms with Crippen LogP contribution in [0.5, 0.6) is 0 Å². The van der Waals surface area contributed by atoms with Crippen LogP contribution >= 0.6 is 0 Å². The summed E-state index contributed by atoms with van der Waals surface area (Å²) in [6, 6.07) is 13.9. The standard InChI is InChI=1S/C19H24N2O4S/c1-14(13-19(2,3)15-8-6-5-7-9-15)20-17-11-10-16(21(22)23)12-18(17)26(4,24)25/h5-12,14,20H,13H2,1-4H3. The van der Waals surface area contributed by atoms with Crippen LogP contribution in [-0.4, -0.2) is 25.6 Å². The predicted molar refractivity (Wildman–Crippen MR) is 103 cm³/mol. The third-order valence-electron chi connectivity index (χ3n) is 4.35. The minimum atomic E-state index is -3.60. The summed E-state index contributed by atoms with van der Waals surface area (Å²) in [5, 5.41) is 14.2. The van der Waals surface area contributed by atoms with Crippen LogP contribution in [0.25, 0.3) is 0 Å². The topological polar surface area (TPSA) is 89.3 Å². The predicted octanol–water partition coefficient (Wildman–Crippen LogP) is 4.17. The van der Waals surface area contributed by atoms with Crippen molar-refractivity contribution in [2.24, 2.45) is 0 Å². The van der Waals surface area contributed by atoms with Gasteiger partial charge < -0.3 is 5.32 Å². The molecule has 1 unspecified atom stereocenters. The summed E-state index contributed by atoms with van der Waals surface area (Å²) in [7, 11) is -3.60. The molecule has 0 fully saturated rings. The molecule has 0 heterocycles. The Morgan fingerprint density at radius 1 is 1.15 bits per heavy atom. The second-order valence-corrected chi connectivity index (χ2v) is 9.19. The summed E-state index contributed by atoms with van der Waals surface area (Å²) < 4.78 is 24.1. The lowest BCUT2D eigenvalue weighted by Crippen LogP contribution is -2.28. The maximum absolute atomic E-state index is 12.1. The molecule has 1 N–H and O–H groups in total. The van der Waals surface area contributed by atoms with Crippen molar-refractivity contribution in [2.45, 2.75) is 43.5 Å². The van der Waals surface area contributed by atoms with E-state index in [4.69, 9.17) is 0 Å². The molecule has 0 amide bonds. The molecule has 1 atom stereocenters. The number of nitrogens with zero attached hydrogens (tertiary/aromatic N) is 1. The zero-order chi connectivity index (χ0) is 19.5. The number of anilines is 1. The van der Waals surface area contributed by atoms with Crippen molar-refractivity contribution in [3.8, 4) is 0 Å². The van der Waals surface area contributed by atoms with E-state index in [9.17, 15) is 18.5 Å². The second kappa shape index (κ2) is 7.45. The molecule has 2 aromatic rings. The van der Waals surface area contributed by atoms with Crippen LogP contribution in [0.2, 0.25) is 0 Å². The number of benzene rings is 2. The number of non-ortho nitro benzene ring substituents is 1. The largest absolute Gasteiger partial charge is 0.381 e. The van der Waals surface area contributed by atoms with E-state index in [1.54, 1.807) is 0 Å². The van der Waals surface area contributed by atoms with E-state index in [1.807, 2.05) is 25.1 Å². The summed E-state index contributed by atoms with van der Waals surface area (Å²) in [6.45, 7) is 6.24. The molecule has 2 aromatic carbocycles. The van der Waals surface area contributed by atoms with E-state index in [2.05, 4.69) is 31.3 Å². The van der Waals surface area contributed by atoms with Crippen LogP contribution in [0.15, 0.2) is 53.4 Å². The van der Waals surface area contributed by atoms with Gasteiger partial charge in [0.25, 0.3) is 5.69 Å². The molecule has 0 radical (unpaired) electrons. The fourth-order valence-corrected chi connectivity index (χ4v) is 4.00. The number of nitro benzene ring substituents is 1. The summed E-state index contributed by atoms with van der Waals surface area (Å²) in [5.41, 5.74) is 1.23. The number of nitro groups is 1. The Kier molecular flexibility index (Phi) is 5.71. The molecule has 2 rings (SSSR count). The van der Waals surface area contributed by atoms with Crippen molar-refractivity contribution >= 4 is 21.2 Å². The monoisotopic (exact) mass is 376 g/mol. The smallest absolute Gasteiger partial charge is 0.270 e. The molecule has 0 aromatic heterocycles. The summed E-state index contributed by atoms with van der Waals surface area (Å²) >= 11 is 0. The van der Waals surface area contributed by atoms with Gasteiger partial charge in [-0.25, -0.2) is 8.42 Å². The summed E-state index contributed by atoms with van der Waals surface area (Å²) in [5.74, 6) is 0. The first-order chi connectivity index (χ1) is 12.0. The maximum atomic E-state index is 12.1. The zero-order valence-corrected chi connectivity index (χ0v) is 16.2. The van der Waals surface area contributed by atoms with Crippen LogP contribution in [0.1, 0.15) is 32.8 Å². The maximum Gasteiger partial charge on any atom is 0.270 e. The van der Waals surface area contributed by atoms with Gasteiger partial charge in [-0.05, 0) is 30.4 Å². The first kappa shape index (κ1) is 19.9. The lowest BCUT2D eigenvalue weighted by molar-refractivity contribution is -0.385. The van der Waals surface area contributed by atoms with E-state index in [-0.39, 0.29) is 22.0 Å². The normalized spacial score (nSPS) is 13.2. The Labute approximate surface area is 154 Å². The highest BCUT2D eigenvalue weighted by Gasteiger charge is 2.25. The minimum absolute atomic E-state index is 0.0350. The van der Waals surface area contributed by atoms with E-state index in [1.165, 1.54) is 17.7 Å². The number of hydrogen-bond donors (Lipinski definition) is 1. The van der Waals surface area contributed by atoms with Crippen LogP contribution in [0.4, 0.5) is 11.4 Å². The van der Waals surface area contributed by atoms with Gasteiger partial charge in [-0.3, -0.25) is 10.1 Å². The van der Waals surface area contributed by atoms with E-state index >= 15 is 0 Å². The van der Waals surface area contributed by atoms with Gasteiger partial charge in [0.1, 0.15) is 0 Å². The summed E-state index contributed by atoms with van der Waals surface area (Å²) in [4.78, 5) is 10.3. The van der Waals surface area contributed by atoms with Gasteiger partial charge in [0.05, 0.1) is 15.5 Å². The van der Waals surface area contributed by atoms with Crippen molar-refractivity contribution in [3.63, 3.8) is 0 Å². The van der Waals surface area contributed by atoms with E-state index < -0.39 is 14.8 Å². The van der Waals surface area contributed by atoms with E-state index in [0.29, 0.717) is 5.69 Å². The minimum Gasteiger partial charge on any atom is -0.381 e. The SMILES string of the molecule is CC(CC(C)(C)c1ccccc1)Nc1ccc([N+](=O)[O-])cc1S(C)(=O)=O. The summed E-state index contributed by atoms with van der Waals surface area (Å²) in [6.07, 6.45) is 1.81. The van der Waals surface area contributed by atoms with Gasteiger partial charge in [0, 0.05) is 24.4 Å². The molecule has 7 heteroatoms. The molecule has 0 aliphatic heterocycles. The lowest BCUT2D eigenvalue weighted by atomic mass is 9.79. The molecule has 0 saturated carbocycles. The number of hydrogen-bond acceptors (Lipinski definition) is 5. The van der Waals surface area contributed by atoms with Gasteiger partial charge in [-0.1, -0.05) is 44.2 Å². The molecular formula is C19H24N2O4S. The van der Waals surface area contributed by atoms with Crippen LogP contribution in [-0.2, 0) is 15.3 Å². The molecule has 0 saturated heterocycles. The molecule has 0 aliphatic rings. The lowest BCUT2D eigenvalue weighted by Gasteiger charge is -2.30. The Balaban J connectivity index is 2.26. The molecule has 140 valence electrons. The second-order valence-electron chi connectivity index (χ2n) is 7.21. The molecule has 0 bridgehead atoms. The van der Waals surface area contributed by atoms with Gasteiger partial charge >= 0.3 is 0 Å². The van der Waals surface area contributed by atoms with Crippen molar-refractivity contribution < 1.29 is 13.3 Å². The van der Waals surface area contributed by atoms with Crippen LogP contribution < -0.4 is 5.32 Å². The van der Waals surface area contributed by atoms with Crippen LogP contribution in [0, 0.1) is 10.1 Å². The van der Waals surface area contributed by atoms with Crippen molar-refractivity contribution in [3.05, 3.63) is 64.2 Å². The average molecular weight is 376 g/mol. The third kappa shape index (κ3) is 4.82. The number of nitrogens with one attached hydrogen (secondary N) is 1. The molecule has 26 heavy (non-hydrogen) atoms. The fraction of sp³-hybridized carbons (Fsp3) is 0.368. The zero-order valence-electron chi connectivity index (χ0n) is 15.4. The third-order valence-corrected chi connectivity index (χ3v) is 5.49. The van der Waals surface area contributed by atoms with E-state index in [0.717, 1.165) is 18.7 Å². The van der Waals surface area contributed by atoms with Crippen molar-refractivity contribution in [2.75, 3.05) is 11.6 Å². The van der Waals surface area contributed by atoms with Gasteiger partial charge in [-0.2, -0.15) is 0 Å². The Morgan fingerprint density at radius 3 is 2.31 bits per heavy atom.